The van der Waals surface area contributed by atoms with Crippen LogP contribution in [0.5, 0.6) is 0 Å². The maximum absolute atomic E-state index is 11.8. The molecule has 5 heteroatoms. The fraction of sp³-hybridized carbons (Fsp3) is 0.722. The Labute approximate surface area is 145 Å². The predicted molar refractivity (Wildman–Crippen MR) is 99.4 cm³/mol. The standard InChI is InChI=1S/C18H32N2O2S/c1-8-23-16-15(17(21)22)13(2)12-14(19(6)7)20(16)11-9-10-18(3,4)5/h12,14H,8-11H2,1-7H3,(H,21,22). The van der Waals surface area contributed by atoms with Crippen molar-refractivity contribution in [3.05, 3.63) is 22.3 Å². The first-order valence-corrected chi connectivity index (χ1v) is 9.29. The van der Waals surface area contributed by atoms with Crippen LogP contribution < -0.4 is 0 Å². The highest BCUT2D eigenvalue weighted by atomic mass is 32.2. The number of carboxylic acid groups (broad SMARTS) is 1. The van der Waals surface area contributed by atoms with Crippen molar-refractivity contribution in [1.82, 2.24) is 9.80 Å². The van der Waals surface area contributed by atoms with Gasteiger partial charge in [0.1, 0.15) is 6.17 Å². The van der Waals surface area contributed by atoms with Crippen molar-refractivity contribution in [1.29, 1.82) is 0 Å². The van der Waals surface area contributed by atoms with Crippen molar-refractivity contribution < 1.29 is 9.90 Å². The Bertz CT molecular complexity index is 490. The summed E-state index contributed by atoms with van der Waals surface area (Å²) in [4.78, 5) is 16.2. The van der Waals surface area contributed by atoms with Crippen molar-refractivity contribution in [3.8, 4) is 0 Å². The van der Waals surface area contributed by atoms with Gasteiger partial charge in [0, 0.05) is 6.54 Å². The summed E-state index contributed by atoms with van der Waals surface area (Å²) in [6.07, 6.45) is 4.37. The molecule has 0 aromatic carbocycles. The highest BCUT2D eigenvalue weighted by molar-refractivity contribution is 8.03. The van der Waals surface area contributed by atoms with Crippen LogP contribution >= 0.6 is 11.8 Å². The van der Waals surface area contributed by atoms with E-state index in [1.165, 1.54) is 0 Å². The Morgan fingerprint density at radius 2 is 2.00 bits per heavy atom. The third-order valence-electron chi connectivity index (χ3n) is 3.94. The largest absolute Gasteiger partial charge is 0.478 e. The van der Waals surface area contributed by atoms with Gasteiger partial charge in [-0.25, -0.2) is 4.79 Å². The Kier molecular flexibility index (Phi) is 7.21. The molecule has 0 saturated carbocycles. The topological polar surface area (TPSA) is 43.8 Å². The van der Waals surface area contributed by atoms with Crippen LogP contribution in [-0.2, 0) is 4.79 Å². The van der Waals surface area contributed by atoms with Crippen LogP contribution in [0.2, 0.25) is 0 Å². The lowest BCUT2D eigenvalue weighted by atomic mass is 9.90. The average molecular weight is 341 g/mol. The second-order valence-corrected chi connectivity index (χ2v) is 8.76. The molecule has 0 amide bonds. The minimum absolute atomic E-state index is 0.118. The molecular formula is C18H32N2O2S. The molecule has 1 unspecified atom stereocenters. The van der Waals surface area contributed by atoms with E-state index in [4.69, 9.17) is 0 Å². The lowest BCUT2D eigenvalue weighted by Gasteiger charge is -2.41. The molecule has 0 radical (unpaired) electrons. The Hall–Kier alpha value is -0.940. The highest BCUT2D eigenvalue weighted by Crippen LogP contribution is 2.35. The van der Waals surface area contributed by atoms with E-state index in [0.29, 0.717) is 11.0 Å². The number of aliphatic carboxylic acids is 1. The number of likely N-dealkylation sites (N-methyl/N-ethyl adjacent to an activating group) is 1. The number of thioether (sulfide) groups is 1. The molecule has 1 rings (SSSR count). The second-order valence-electron chi connectivity index (χ2n) is 7.50. The third kappa shape index (κ3) is 5.57. The molecule has 1 aliphatic rings. The number of hydrogen-bond acceptors (Lipinski definition) is 4. The van der Waals surface area contributed by atoms with Crippen LogP contribution in [0.1, 0.15) is 47.5 Å². The third-order valence-corrected chi connectivity index (χ3v) is 4.94. The van der Waals surface area contributed by atoms with E-state index in [1.54, 1.807) is 11.8 Å². The molecule has 0 aromatic rings. The van der Waals surface area contributed by atoms with Gasteiger partial charge in [0.05, 0.1) is 10.6 Å². The smallest absolute Gasteiger partial charge is 0.338 e. The molecule has 4 nitrogen and oxygen atoms in total. The zero-order valence-corrected chi connectivity index (χ0v) is 16.5. The first-order chi connectivity index (χ1) is 10.6. The van der Waals surface area contributed by atoms with Crippen LogP contribution in [-0.4, -0.2) is 53.4 Å². The van der Waals surface area contributed by atoms with Gasteiger partial charge < -0.3 is 10.0 Å². The summed E-state index contributed by atoms with van der Waals surface area (Å²) < 4.78 is 0. The molecule has 1 heterocycles. The SMILES string of the molecule is CCSC1=C(C(=O)O)C(C)=CC(N(C)C)N1CCCC(C)(C)C. The van der Waals surface area contributed by atoms with Crippen molar-refractivity contribution in [3.63, 3.8) is 0 Å². The quantitative estimate of drug-likeness (QED) is 0.758. The monoisotopic (exact) mass is 340 g/mol. The highest BCUT2D eigenvalue weighted by Gasteiger charge is 2.31. The van der Waals surface area contributed by atoms with E-state index in [0.717, 1.165) is 35.7 Å². The summed E-state index contributed by atoms with van der Waals surface area (Å²) in [6.45, 7) is 11.6. The Morgan fingerprint density at radius 1 is 1.39 bits per heavy atom. The van der Waals surface area contributed by atoms with Gasteiger partial charge in [0.25, 0.3) is 0 Å². The van der Waals surface area contributed by atoms with Gasteiger partial charge in [-0.3, -0.25) is 4.90 Å². The first-order valence-electron chi connectivity index (χ1n) is 8.30. The summed E-state index contributed by atoms with van der Waals surface area (Å²) in [7, 11) is 4.09. The first kappa shape index (κ1) is 20.1. The zero-order chi connectivity index (χ0) is 17.8. The summed E-state index contributed by atoms with van der Waals surface area (Å²) in [5.74, 6) is 0.0442. The van der Waals surface area contributed by atoms with Gasteiger partial charge in [-0.05, 0) is 56.7 Å². The predicted octanol–water partition coefficient (Wildman–Crippen LogP) is 4.01. The molecule has 0 fully saturated rings. The van der Waals surface area contributed by atoms with Crippen molar-refractivity contribution in [2.24, 2.45) is 5.41 Å². The summed E-state index contributed by atoms with van der Waals surface area (Å²) in [5, 5.41) is 10.6. The van der Waals surface area contributed by atoms with Gasteiger partial charge in [-0.2, -0.15) is 0 Å². The minimum Gasteiger partial charge on any atom is -0.478 e. The van der Waals surface area contributed by atoms with Gasteiger partial charge in [-0.15, -0.1) is 11.8 Å². The van der Waals surface area contributed by atoms with Crippen molar-refractivity contribution >= 4 is 17.7 Å². The van der Waals surface area contributed by atoms with E-state index >= 15 is 0 Å². The normalized spacial score (nSPS) is 19.4. The maximum Gasteiger partial charge on any atom is 0.338 e. The number of carbonyl (C=O) groups is 1. The summed E-state index contributed by atoms with van der Waals surface area (Å²) >= 11 is 1.64. The number of hydrogen-bond donors (Lipinski definition) is 1. The number of nitrogens with zero attached hydrogens (tertiary/aromatic N) is 2. The maximum atomic E-state index is 11.8. The molecular weight excluding hydrogens is 308 g/mol. The molecule has 23 heavy (non-hydrogen) atoms. The van der Waals surface area contributed by atoms with Gasteiger partial charge in [0.2, 0.25) is 0 Å². The van der Waals surface area contributed by atoms with E-state index < -0.39 is 5.97 Å². The number of carboxylic acids is 1. The van der Waals surface area contributed by atoms with Crippen LogP contribution in [0.15, 0.2) is 22.3 Å². The molecule has 0 aliphatic carbocycles. The summed E-state index contributed by atoms with van der Waals surface area (Å²) in [6, 6.07) is 0. The molecule has 1 N–H and O–H groups in total. The molecule has 0 aromatic heterocycles. The molecule has 0 bridgehead atoms. The summed E-state index contributed by atoms with van der Waals surface area (Å²) in [5.41, 5.74) is 1.62. The van der Waals surface area contributed by atoms with Crippen LogP contribution in [0.25, 0.3) is 0 Å². The van der Waals surface area contributed by atoms with E-state index in [1.807, 2.05) is 21.0 Å². The van der Waals surface area contributed by atoms with Gasteiger partial charge in [-0.1, -0.05) is 27.7 Å². The molecule has 1 atom stereocenters. The zero-order valence-electron chi connectivity index (χ0n) is 15.6. The van der Waals surface area contributed by atoms with Crippen LogP contribution in [0, 0.1) is 5.41 Å². The average Bonchev–Trinajstić information content (AvgIpc) is 2.39. The van der Waals surface area contributed by atoms with E-state index in [-0.39, 0.29) is 6.17 Å². The fourth-order valence-electron chi connectivity index (χ4n) is 2.82. The lowest BCUT2D eigenvalue weighted by Crippen LogP contribution is -2.46. The fourth-order valence-corrected chi connectivity index (χ4v) is 3.85. The van der Waals surface area contributed by atoms with Crippen LogP contribution in [0.3, 0.4) is 0 Å². The van der Waals surface area contributed by atoms with E-state index in [2.05, 4.69) is 43.6 Å². The number of rotatable bonds is 7. The van der Waals surface area contributed by atoms with Crippen LogP contribution in [0.4, 0.5) is 0 Å². The second kappa shape index (κ2) is 8.25. The molecule has 132 valence electrons. The molecule has 1 aliphatic heterocycles. The molecule has 0 saturated heterocycles. The minimum atomic E-state index is -0.826. The van der Waals surface area contributed by atoms with E-state index in [9.17, 15) is 9.90 Å². The van der Waals surface area contributed by atoms with Gasteiger partial charge >= 0.3 is 5.97 Å². The van der Waals surface area contributed by atoms with Crippen molar-refractivity contribution in [2.45, 2.75) is 53.6 Å². The Balaban J connectivity index is 3.13. The molecule has 0 spiro atoms. The Morgan fingerprint density at radius 3 is 2.43 bits per heavy atom. The lowest BCUT2D eigenvalue weighted by molar-refractivity contribution is -0.132. The van der Waals surface area contributed by atoms with Crippen molar-refractivity contribution in [2.75, 3.05) is 26.4 Å². The van der Waals surface area contributed by atoms with Gasteiger partial charge in [0.15, 0.2) is 0 Å².